The molecule has 0 aliphatic heterocycles. The maximum Gasteiger partial charge on any atom is 0.426 e. The van der Waals surface area contributed by atoms with Crippen molar-refractivity contribution >= 4 is 12.0 Å². The third-order valence-electron chi connectivity index (χ3n) is 2.33. The number of amides is 2. The quantitative estimate of drug-likeness (QED) is 0.732. The number of aromatic nitrogens is 1. The Kier molecular flexibility index (Phi) is 4.17. The Morgan fingerprint density at radius 3 is 2.53 bits per heavy atom. The maximum atomic E-state index is 11.5. The van der Waals surface area contributed by atoms with Crippen molar-refractivity contribution in [2.45, 2.75) is 6.61 Å². The molecule has 2 amide bonds. The van der Waals surface area contributed by atoms with E-state index in [4.69, 9.17) is 4.74 Å². The van der Waals surface area contributed by atoms with Crippen LogP contribution in [0.2, 0.25) is 0 Å². The average molecular weight is 259 g/mol. The van der Waals surface area contributed by atoms with Gasteiger partial charge in [0.05, 0.1) is 0 Å². The molecule has 1 heterocycles. The molecular weight excluding hydrogens is 246 g/mol. The number of nitrogens with one attached hydrogen (secondary N) is 3. The number of H-pyrrole nitrogens is 1. The van der Waals surface area contributed by atoms with Gasteiger partial charge < -0.3 is 9.72 Å². The second kappa shape index (κ2) is 6.25. The summed E-state index contributed by atoms with van der Waals surface area (Å²) in [4.78, 5) is 25.5. The number of ether oxygens (including phenoxy) is 1. The normalized spacial score (nSPS) is 9.68. The van der Waals surface area contributed by atoms with Crippen molar-refractivity contribution in [2.24, 2.45) is 0 Å². The zero-order valence-corrected chi connectivity index (χ0v) is 10.1. The van der Waals surface area contributed by atoms with Crippen LogP contribution in [0.25, 0.3) is 0 Å². The molecule has 0 saturated carbocycles. The van der Waals surface area contributed by atoms with Crippen LogP contribution < -0.4 is 10.9 Å². The molecule has 0 saturated heterocycles. The minimum absolute atomic E-state index is 0.144. The molecule has 0 radical (unpaired) electrons. The molecule has 0 aliphatic carbocycles. The van der Waals surface area contributed by atoms with Crippen molar-refractivity contribution < 1.29 is 14.3 Å². The number of carbonyl (C=O) groups excluding carboxylic acids is 2. The lowest BCUT2D eigenvalue weighted by atomic mass is 10.2. The number of hydrogen-bond acceptors (Lipinski definition) is 3. The van der Waals surface area contributed by atoms with Gasteiger partial charge in [-0.05, 0) is 17.7 Å². The van der Waals surface area contributed by atoms with Gasteiger partial charge >= 0.3 is 6.09 Å². The van der Waals surface area contributed by atoms with Crippen LogP contribution in [-0.4, -0.2) is 17.0 Å². The number of carbonyl (C=O) groups is 2. The zero-order valence-electron chi connectivity index (χ0n) is 10.1. The highest BCUT2D eigenvalue weighted by Gasteiger charge is 2.07. The van der Waals surface area contributed by atoms with Gasteiger partial charge in [-0.2, -0.15) is 0 Å². The highest BCUT2D eigenvalue weighted by molar-refractivity contribution is 5.93. The number of aromatic amines is 1. The molecule has 19 heavy (non-hydrogen) atoms. The van der Waals surface area contributed by atoms with Crippen LogP contribution in [0.15, 0.2) is 48.7 Å². The number of hydrogen-bond donors (Lipinski definition) is 3. The molecule has 0 atom stereocenters. The third kappa shape index (κ3) is 3.88. The van der Waals surface area contributed by atoms with E-state index < -0.39 is 12.0 Å². The van der Waals surface area contributed by atoms with E-state index >= 15 is 0 Å². The summed E-state index contributed by atoms with van der Waals surface area (Å²) in [7, 11) is 0. The van der Waals surface area contributed by atoms with E-state index in [0.717, 1.165) is 5.56 Å². The molecule has 1 aromatic heterocycles. The molecule has 1 aromatic carbocycles. The smallest absolute Gasteiger partial charge is 0.426 e. The van der Waals surface area contributed by atoms with Gasteiger partial charge in [0.1, 0.15) is 12.3 Å². The molecule has 0 fully saturated rings. The summed E-state index contributed by atoms with van der Waals surface area (Å²) in [6.45, 7) is 0.144. The average Bonchev–Trinajstić information content (AvgIpc) is 2.98. The summed E-state index contributed by atoms with van der Waals surface area (Å²) in [5.41, 5.74) is 5.61. The van der Waals surface area contributed by atoms with Crippen LogP contribution in [0.1, 0.15) is 16.1 Å². The molecule has 0 unspecified atom stereocenters. The molecule has 2 rings (SSSR count). The minimum Gasteiger partial charge on any atom is -0.443 e. The molecule has 0 spiro atoms. The Labute approximate surface area is 109 Å². The first-order valence-electron chi connectivity index (χ1n) is 5.66. The van der Waals surface area contributed by atoms with Crippen molar-refractivity contribution in [1.82, 2.24) is 15.8 Å². The fraction of sp³-hybridized carbons (Fsp3) is 0.0769. The van der Waals surface area contributed by atoms with E-state index in [0.29, 0.717) is 5.69 Å². The lowest BCUT2D eigenvalue weighted by Crippen LogP contribution is -2.42. The fourth-order valence-electron chi connectivity index (χ4n) is 1.41. The van der Waals surface area contributed by atoms with E-state index in [2.05, 4.69) is 15.8 Å². The van der Waals surface area contributed by atoms with Crippen LogP contribution in [0.4, 0.5) is 4.79 Å². The minimum atomic E-state index is -0.719. The van der Waals surface area contributed by atoms with Crippen LogP contribution in [0.3, 0.4) is 0 Å². The molecule has 6 nitrogen and oxygen atoms in total. The largest absolute Gasteiger partial charge is 0.443 e. The van der Waals surface area contributed by atoms with Gasteiger partial charge in [0.25, 0.3) is 5.91 Å². The fourth-order valence-corrected chi connectivity index (χ4v) is 1.41. The van der Waals surface area contributed by atoms with Crippen molar-refractivity contribution in [3.63, 3.8) is 0 Å². The van der Waals surface area contributed by atoms with Crippen LogP contribution in [0, 0.1) is 0 Å². The molecule has 0 aliphatic rings. The van der Waals surface area contributed by atoms with Crippen molar-refractivity contribution in [2.75, 3.05) is 0 Å². The second-order valence-electron chi connectivity index (χ2n) is 3.72. The summed E-state index contributed by atoms with van der Waals surface area (Å²) in [5.74, 6) is -0.443. The van der Waals surface area contributed by atoms with E-state index in [-0.39, 0.29) is 6.61 Å². The van der Waals surface area contributed by atoms with E-state index in [1.165, 1.54) is 0 Å². The molecule has 98 valence electrons. The Balaban J connectivity index is 1.72. The van der Waals surface area contributed by atoms with Crippen molar-refractivity contribution in [1.29, 1.82) is 0 Å². The molecule has 2 aromatic rings. The van der Waals surface area contributed by atoms with Gasteiger partial charge in [-0.25, -0.2) is 10.2 Å². The third-order valence-corrected chi connectivity index (χ3v) is 2.33. The SMILES string of the molecule is O=C(NNC(=O)c1ccc[nH]1)OCc1ccccc1. The summed E-state index contributed by atoms with van der Waals surface area (Å²) in [6.07, 6.45) is 0.895. The highest BCUT2D eigenvalue weighted by atomic mass is 16.6. The van der Waals surface area contributed by atoms with E-state index in [1.807, 2.05) is 30.3 Å². The molecule has 3 N–H and O–H groups in total. The predicted octanol–water partition coefficient (Wildman–Crippen LogP) is 1.59. The first-order valence-corrected chi connectivity index (χ1v) is 5.66. The zero-order chi connectivity index (χ0) is 13.5. The van der Waals surface area contributed by atoms with Gasteiger partial charge in [0.15, 0.2) is 0 Å². The number of benzene rings is 1. The van der Waals surface area contributed by atoms with Crippen molar-refractivity contribution in [3.05, 3.63) is 59.9 Å². The van der Waals surface area contributed by atoms with Gasteiger partial charge in [-0.1, -0.05) is 30.3 Å². The first-order chi connectivity index (χ1) is 9.25. The summed E-state index contributed by atoms with van der Waals surface area (Å²) < 4.78 is 4.92. The van der Waals surface area contributed by atoms with Crippen LogP contribution in [0.5, 0.6) is 0 Å². The maximum absolute atomic E-state index is 11.5. The lowest BCUT2D eigenvalue weighted by Gasteiger charge is -2.07. The molecule has 6 heteroatoms. The standard InChI is InChI=1S/C13H13N3O3/c17-12(11-7-4-8-14-11)15-16-13(18)19-9-10-5-2-1-3-6-10/h1-8,14H,9H2,(H,15,17)(H,16,18). The Morgan fingerprint density at radius 1 is 1.05 bits per heavy atom. The monoisotopic (exact) mass is 259 g/mol. The summed E-state index contributed by atoms with van der Waals surface area (Å²) in [6, 6.07) is 12.5. The highest BCUT2D eigenvalue weighted by Crippen LogP contribution is 2.00. The summed E-state index contributed by atoms with van der Waals surface area (Å²) >= 11 is 0. The second-order valence-corrected chi connectivity index (χ2v) is 3.72. The van der Waals surface area contributed by atoms with Crippen LogP contribution in [-0.2, 0) is 11.3 Å². The Morgan fingerprint density at radius 2 is 1.84 bits per heavy atom. The van der Waals surface area contributed by atoms with E-state index in [1.54, 1.807) is 18.3 Å². The summed E-state index contributed by atoms with van der Waals surface area (Å²) in [5, 5.41) is 0. The topological polar surface area (TPSA) is 83.2 Å². The van der Waals surface area contributed by atoms with E-state index in [9.17, 15) is 9.59 Å². The Bertz CT molecular complexity index is 538. The predicted molar refractivity (Wildman–Crippen MR) is 68.0 cm³/mol. The lowest BCUT2D eigenvalue weighted by molar-refractivity contribution is 0.0901. The first kappa shape index (κ1) is 12.7. The van der Waals surface area contributed by atoms with Gasteiger partial charge in [-0.3, -0.25) is 10.2 Å². The van der Waals surface area contributed by atoms with Crippen LogP contribution >= 0.6 is 0 Å². The Hall–Kier alpha value is -2.76. The molecule has 0 bridgehead atoms. The number of hydrazine groups is 1. The number of rotatable bonds is 3. The van der Waals surface area contributed by atoms with Gasteiger partial charge in [0, 0.05) is 6.20 Å². The van der Waals surface area contributed by atoms with Gasteiger partial charge in [0.2, 0.25) is 0 Å². The van der Waals surface area contributed by atoms with Gasteiger partial charge in [-0.15, -0.1) is 0 Å². The molecular formula is C13H13N3O3. The van der Waals surface area contributed by atoms with Crippen molar-refractivity contribution in [3.8, 4) is 0 Å².